The van der Waals surface area contributed by atoms with E-state index >= 15 is 0 Å². The Hall–Kier alpha value is -0.720. The lowest BCUT2D eigenvalue weighted by atomic mass is 10.2. The van der Waals surface area contributed by atoms with Crippen molar-refractivity contribution >= 4 is 49.2 Å². The Bertz CT molecular complexity index is 612. The predicted molar refractivity (Wildman–Crippen MR) is 76.0 cm³/mol. The quantitative estimate of drug-likeness (QED) is 0.747. The van der Waals surface area contributed by atoms with Crippen molar-refractivity contribution in [3.63, 3.8) is 0 Å². The molecule has 94 valence electrons. The average molecular weight is 393 g/mol. The van der Waals surface area contributed by atoms with Gasteiger partial charge in [-0.1, -0.05) is 11.6 Å². The number of halogens is 3. The fraction of sp³-hybridized carbons (Fsp3) is 0.182. The number of pyridine rings is 1. The minimum Gasteiger partial charge on any atom is -0.285 e. The van der Waals surface area contributed by atoms with Crippen molar-refractivity contribution in [1.82, 2.24) is 14.8 Å². The van der Waals surface area contributed by atoms with Gasteiger partial charge < -0.3 is 0 Å². The summed E-state index contributed by atoms with van der Waals surface area (Å²) in [7, 11) is 0. The molecule has 0 fully saturated rings. The molecule has 18 heavy (non-hydrogen) atoms. The van der Waals surface area contributed by atoms with Crippen molar-refractivity contribution in [2.75, 3.05) is 0 Å². The molecule has 0 saturated heterocycles. The second kappa shape index (κ2) is 5.50. The van der Waals surface area contributed by atoms with Crippen LogP contribution in [-0.2, 0) is 6.54 Å². The monoisotopic (exact) mass is 391 g/mol. The van der Waals surface area contributed by atoms with Gasteiger partial charge in [0.25, 0.3) is 0 Å². The van der Waals surface area contributed by atoms with Gasteiger partial charge in [0.05, 0.1) is 11.2 Å². The number of ketones is 1. The molecular formula is C11H8Br2ClN3O. The van der Waals surface area contributed by atoms with Gasteiger partial charge in [-0.3, -0.25) is 14.5 Å². The van der Waals surface area contributed by atoms with E-state index in [1.165, 1.54) is 6.20 Å². The summed E-state index contributed by atoms with van der Waals surface area (Å²) in [6.07, 6.45) is 3.03. The fourth-order valence-corrected chi connectivity index (χ4v) is 2.92. The van der Waals surface area contributed by atoms with E-state index in [9.17, 15) is 4.79 Å². The van der Waals surface area contributed by atoms with Crippen LogP contribution >= 0.6 is 43.5 Å². The Labute approximate surface area is 126 Å². The Morgan fingerprint density at radius 2 is 2.17 bits per heavy atom. The number of rotatable bonds is 3. The number of aryl methyl sites for hydroxylation is 1. The van der Waals surface area contributed by atoms with Crippen molar-refractivity contribution in [3.05, 3.63) is 43.8 Å². The van der Waals surface area contributed by atoms with Gasteiger partial charge in [-0.2, -0.15) is 5.10 Å². The first-order chi connectivity index (χ1) is 8.54. The minimum absolute atomic E-state index is 0.251. The number of carbonyl (C=O) groups is 1. The van der Waals surface area contributed by atoms with E-state index in [0.717, 1.165) is 4.47 Å². The van der Waals surface area contributed by atoms with E-state index < -0.39 is 0 Å². The van der Waals surface area contributed by atoms with Gasteiger partial charge >= 0.3 is 0 Å². The molecule has 0 unspecified atom stereocenters. The number of hydrogen-bond acceptors (Lipinski definition) is 3. The summed E-state index contributed by atoms with van der Waals surface area (Å²) in [5.41, 5.74) is 0.671. The van der Waals surface area contributed by atoms with Crippen molar-refractivity contribution in [2.24, 2.45) is 0 Å². The first-order valence-corrected chi connectivity index (χ1v) is 7.08. The molecule has 7 heteroatoms. The molecule has 0 radical (unpaired) electrons. The Morgan fingerprint density at radius 3 is 2.78 bits per heavy atom. The summed E-state index contributed by atoms with van der Waals surface area (Å²) in [6, 6.07) is 1.76. The molecule has 2 aromatic heterocycles. The van der Waals surface area contributed by atoms with Crippen LogP contribution in [0, 0.1) is 0 Å². The maximum Gasteiger partial charge on any atom is 0.232 e. The van der Waals surface area contributed by atoms with Crippen LogP contribution in [0.1, 0.15) is 23.1 Å². The standard InChI is InChI=1S/C11H8Br2ClN3O/c1-2-17-10(8(14)5-16-17)11(18)9-7(13)3-6(12)4-15-9/h3-5H,2H2,1H3. The average Bonchev–Trinajstić information content (AvgIpc) is 2.69. The molecule has 0 saturated carbocycles. The molecule has 0 spiro atoms. The first-order valence-electron chi connectivity index (χ1n) is 5.11. The molecule has 0 N–H and O–H groups in total. The number of aromatic nitrogens is 3. The van der Waals surface area contributed by atoms with Gasteiger partial charge in [-0.25, -0.2) is 0 Å². The summed E-state index contributed by atoms with van der Waals surface area (Å²) in [6.45, 7) is 2.46. The molecule has 0 aliphatic rings. The summed E-state index contributed by atoms with van der Waals surface area (Å²) < 4.78 is 2.96. The van der Waals surface area contributed by atoms with Crippen molar-refractivity contribution in [3.8, 4) is 0 Å². The van der Waals surface area contributed by atoms with Crippen LogP contribution in [-0.4, -0.2) is 20.5 Å². The van der Waals surface area contributed by atoms with Crippen LogP contribution in [0.4, 0.5) is 0 Å². The van der Waals surface area contributed by atoms with Crippen LogP contribution in [0.3, 0.4) is 0 Å². The van der Waals surface area contributed by atoms with E-state index in [0.29, 0.717) is 27.4 Å². The molecule has 4 nitrogen and oxygen atoms in total. The van der Waals surface area contributed by atoms with Gasteiger partial charge in [0.1, 0.15) is 11.4 Å². The molecule has 0 aliphatic carbocycles. The van der Waals surface area contributed by atoms with Gasteiger partial charge in [-0.15, -0.1) is 0 Å². The summed E-state index contributed by atoms with van der Waals surface area (Å²) in [5, 5.41) is 4.37. The topological polar surface area (TPSA) is 47.8 Å². The smallest absolute Gasteiger partial charge is 0.232 e. The molecular weight excluding hydrogens is 385 g/mol. The van der Waals surface area contributed by atoms with Crippen LogP contribution in [0.5, 0.6) is 0 Å². The Balaban J connectivity index is 2.51. The highest BCUT2D eigenvalue weighted by molar-refractivity contribution is 9.11. The molecule has 0 aliphatic heterocycles. The van der Waals surface area contributed by atoms with Gasteiger partial charge in [0.2, 0.25) is 5.78 Å². The predicted octanol–water partition coefficient (Wildman–Crippen LogP) is 3.71. The SMILES string of the molecule is CCn1ncc(Cl)c1C(=O)c1ncc(Br)cc1Br. The van der Waals surface area contributed by atoms with Crippen molar-refractivity contribution in [1.29, 1.82) is 0 Å². The molecule has 0 bridgehead atoms. The molecule has 2 heterocycles. The largest absolute Gasteiger partial charge is 0.285 e. The third-order valence-electron chi connectivity index (χ3n) is 2.33. The third kappa shape index (κ3) is 2.50. The lowest BCUT2D eigenvalue weighted by Crippen LogP contribution is -2.13. The van der Waals surface area contributed by atoms with Gasteiger partial charge in [0, 0.05) is 21.7 Å². The highest BCUT2D eigenvalue weighted by atomic mass is 79.9. The third-order valence-corrected chi connectivity index (χ3v) is 3.65. The van der Waals surface area contributed by atoms with Crippen molar-refractivity contribution < 1.29 is 4.79 Å². The molecule has 2 rings (SSSR count). The highest BCUT2D eigenvalue weighted by Crippen LogP contribution is 2.24. The van der Waals surface area contributed by atoms with Crippen molar-refractivity contribution in [2.45, 2.75) is 13.5 Å². The van der Waals surface area contributed by atoms with Gasteiger partial charge in [-0.05, 0) is 44.8 Å². The van der Waals surface area contributed by atoms with Crippen LogP contribution in [0.25, 0.3) is 0 Å². The Morgan fingerprint density at radius 1 is 1.44 bits per heavy atom. The van der Waals surface area contributed by atoms with E-state index in [2.05, 4.69) is 41.9 Å². The zero-order valence-corrected chi connectivity index (χ0v) is 13.3. The second-order valence-electron chi connectivity index (χ2n) is 3.47. The van der Waals surface area contributed by atoms with E-state index in [-0.39, 0.29) is 5.78 Å². The van der Waals surface area contributed by atoms with E-state index in [4.69, 9.17) is 11.6 Å². The number of nitrogens with zero attached hydrogens (tertiary/aromatic N) is 3. The number of carbonyl (C=O) groups excluding carboxylic acids is 1. The first kappa shape index (κ1) is 13.7. The zero-order chi connectivity index (χ0) is 13.3. The molecule has 0 aromatic carbocycles. The normalized spacial score (nSPS) is 10.7. The van der Waals surface area contributed by atoms with E-state index in [1.54, 1.807) is 16.9 Å². The maximum atomic E-state index is 12.4. The fourth-order valence-electron chi connectivity index (χ4n) is 1.52. The lowest BCUT2D eigenvalue weighted by molar-refractivity contribution is 0.102. The maximum absolute atomic E-state index is 12.4. The summed E-state index contributed by atoms with van der Waals surface area (Å²) in [5.74, 6) is -0.251. The highest BCUT2D eigenvalue weighted by Gasteiger charge is 2.21. The van der Waals surface area contributed by atoms with Crippen LogP contribution in [0.2, 0.25) is 5.02 Å². The summed E-state index contributed by atoms with van der Waals surface area (Å²) >= 11 is 12.6. The second-order valence-corrected chi connectivity index (χ2v) is 5.65. The van der Waals surface area contributed by atoms with Crippen LogP contribution in [0.15, 0.2) is 27.4 Å². The lowest BCUT2D eigenvalue weighted by Gasteiger charge is -2.06. The summed E-state index contributed by atoms with van der Waals surface area (Å²) in [4.78, 5) is 16.5. The number of hydrogen-bond donors (Lipinski definition) is 0. The van der Waals surface area contributed by atoms with E-state index in [1.807, 2.05) is 6.92 Å². The molecule has 2 aromatic rings. The minimum atomic E-state index is -0.251. The van der Waals surface area contributed by atoms with Gasteiger partial charge in [0.15, 0.2) is 0 Å². The van der Waals surface area contributed by atoms with Crippen LogP contribution < -0.4 is 0 Å². The Kier molecular flexibility index (Phi) is 4.19. The zero-order valence-electron chi connectivity index (χ0n) is 9.32. The molecule has 0 atom stereocenters. The molecule has 0 amide bonds.